The number of aryl methyl sites for hydroxylation is 1. The zero-order chi connectivity index (χ0) is 13.1. The molecule has 18 heavy (non-hydrogen) atoms. The van der Waals surface area contributed by atoms with E-state index in [-0.39, 0.29) is 17.9 Å². The summed E-state index contributed by atoms with van der Waals surface area (Å²) in [5, 5.41) is 18.6. The molecule has 0 saturated heterocycles. The van der Waals surface area contributed by atoms with E-state index in [1.165, 1.54) is 0 Å². The zero-order valence-electron chi connectivity index (χ0n) is 9.70. The number of nitrogens with zero attached hydrogens (tertiary/aromatic N) is 1. The van der Waals surface area contributed by atoms with Crippen LogP contribution in [-0.4, -0.2) is 21.2 Å². The topological polar surface area (TPSA) is 78.0 Å². The average molecular weight is 249 g/mol. The van der Waals surface area contributed by atoms with Gasteiger partial charge in [0.1, 0.15) is 11.6 Å². The largest absolute Gasteiger partial charge is 0.507 e. The number of aromatic hydroxyl groups is 1. The first-order valence-electron chi connectivity index (χ1n) is 5.33. The van der Waals surface area contributed by atoms with Crippen LogP contribution in [0.1, 0.15) is 21.6 Å². The van der Waals surface area contributed by atoms with Gasteiger partial charge < -0.3 is 10.4 Å². The fraction of sp³-hybridized carbons (Fsp3) is 0.167. The van der Waals surface area contributed by atoms with E-state index in [1.807, 2.05) is 6.92 Å². The van der Waals surface area contributed by atoms with Gasteiger partial charge in [0.2, 0.25) is 0 Å². The van der Waals surface area contributed by atoms with Crippen molar-refractivity contribution in [1.29, 1.82) is 0 Å². The van der Waals surface area contributed by atoms with Gasteiger partial charge in [-0.25, -0.2) is 4.39 Å². The molecule has 0 aliphatic heterocycles. The molecular weight excluding hydrogens is 237 g/mol. The highest BCUT2D eigenvalue weighted by atomic mass is 19.1. The second-order valence-electron chi connectivity index (χ2n) is 3.86. The molecule has 0 saturated carbocycles. The van der Waals surface area contributed by atoms with Crippen molar-refractivity contribution in [3.05, 3.63) is 47.0 Å². The molecule has 94 valence electrons. The SMILES string of the molecule is Cc1[nH]ncc1CNC(=O)c1cc(F)ccc1O. The number of amides is 1. The molecule has 1 aromatic carbocycles. The number of carbonyl (C=O) groups is 1. The van der Waals surface area contributed by atoms with E-state index in [1.54, 1.807) is 6.20 Å². The highest BCUT2D eigenvalue weighted by molar-refractivity contribution is 5.96. The number of carbonyl (C=O) groups excluding carboxylic acids is 1. The lowest BCUT2D eigenvalue weighted by molar-refractivity contribution is 0.0947. The van der Waals surface area contributed by atoms with Crippen LogP contribution in [0.5, 0.6) is 5.75 Å². The quantitative estimate of drug-likeness (QED) is 0.771. The number of aromatic nitrogens is 2. The predicted octanol–water partition coefficient (Wildman–Crippen LogP) is 1.49. The van der Waals surface area contributed by atoms with Gasteiger partial charge in [-0.15, -0.1) is 0 Å². The summed E-state index contributed by atoms with van der Waals surface area (Å²) in [6.45, 7) is 2.09. The predicted molar refractivity (Wildman–Crippen MR) is 62.6 cm³/mol. The molecule has 0 atom stereocenters. The Bertz CT molecular complexity index is 580. The van der Waals surface area contributed by atoms with Crippen molar-refractivity contribution in [1.82, 2.24) is 15.5 Å². The molecule has 3 N–H and O–H groups in total. The number of H-pyrrole nitrogens is 1. The van der Waals surface area contributed by atoms with Crippen LogP contribution in [0.25, 0.3) is 0 Å². The Morgan fingerprint density at radius 3 is 3.00 bits per heavy atom. The minimum absolute atomic E-state index is 0.0869. The van der Waals surface area contributed by atoms with Gasteiger partial charge in [-0.3, -0.25) is 9.89 Å². The molecule has 0 spiro atoms. The van der Waals surface area contributed by atoms with Crippen LogP contribution in [0.15, 0.2) is 24.4 Å². The molecule has 0 aliphatic carbocycles. The molecule has 0 unspecified atom stereocenters. The van der Waals surface area contributed by atoms with Crippen molar-refractivity contribution in [3.63, 3.8) is 0 Å². The molecule has 1 amide bonds. The van der Waals surface area contributed by atoms with Crippen molar-refractivity contribution in [3.8, 4) is 5.75 Å². The van der Waals surface area contributed by atoms with E-state index in [0.29, 0.717) is 0 Å². The number of rotatable bonds is 3. The van der Waals surface area contributed by atoms with Gasteiger partial charge in [-0.1, -0.05) is 0 Å². The van der Waals surface area contributed by atoms with Crippen LogP contribution in [0.3, 0.4) is 0 Å². The maximum absolute atomic E-state index is 13.0. The Hall–Kier alpha value is -2.37. The monoisotopic (exact) mass is 249 g/mol. The number of phenolic OH excluding ortho intramolecular Hbond substituents is 1. The average Bonchev–Trinajstić information content (AvgIpc) is 2.75. The Balaban J connectivity index is 2.08. The summed E-state index contributed by atoms with van der Waals surface area (Å²) in [7, 11) is 0. The Morgan fingerprint density at radius 1 is 1.56 bits per heavy atom. The minimum Gasteiger partial charge on any atom is -0.507 e. The maximum atomic E-state index is 13.0. The Labute approximate surface area is 103 Å². The Kier molecular flexibility index (Phi) is 3.27. The summed E-state index contributed by atoms with van der Waals surface area (Å²) in [4.78, 5) is 11.8. The second kappa shape index (κ2) is 4.87. The number of halogens is 1. The van der Waals surface area contributed by atoms with E-state index in [2.05, 4.69) is 15.5 Å². The highest BCUT2D eigenvalue weighted by Gasteiger charge is 2.12. The molecule has 0 fully saturated rings. The molecule has 2 aromatic rings. The summed E-state index contributed by atoms with van der Waals surface area (Å²) in [5.74, 6) is -1.36. The van der Waals surface area contributed by atoms with Crippen molar-refractivity contribution in [2.45, 2.75) is 13.5 Å². The number of aromatic amines is 1. The van der Waals surface area contributed by atoms with Gasteiger partial charge in [0.25, 0.3) is 5.91 Å². The van der Waals surface area contributed by atoms with Crippen LogP contribution in [0.2, 0.25) is 0 Å². The number of nitrogens with one attached hydrogen (secondary N) is 2. The first-order chi connectivity index (χ1) is 8.58. The van der Waals surface area contributed by atoms with Crippen molar-refractivity contribution in [2.24, 2.45) is 0 Å². The van der Waals surface area contributed by atoms with E-state index in [4.69, 9.17) is 0 Å². The van der Waals surface area contributed by atoms with Crippen LogP contribution in [0.4, 0.5) is 4.39 Å². The smallest absolute Gasteiger partial charge is 0.255 e. The van der Waals surface area contributed by atoms with E-state index >= 15 is 0 Å². The number of phenols is 1. The molecule has 1 aromatic heterocycles. The van der Waals surface area contributed by atoms with E-state index in [0.717, 1.165) is 29.5 Å². The summed E-state index contributed by atoms with van der Waals surface area (Å²) in [6.07, 6.45) is 1.60. The van der Waals surface area contributed by atoms with Crippen molar-refractivity contribution in [2.75, 3.05) is 0 Å². The third-order valence-corrected chi connectivity index (χ3v) is 2.58. The van der Waals surface area contributed by atoms with Crippen LogP contribution < -0.4 is 5.32 Å². The summed E-state index contributed by atoms with van der Waals surface area (Å²) in [5.41, 5.74) is 1.59. The Morgan fingerprint density at radius 2 is 2.33 bits per heavy atom. The molecule has 0 bridgehead atoms. The first-order valence-corrected chi connectivity index (χ1v) is 5.33. The van der Waals surface area contributed by atoms with Gasteiger partial charge in [-0.05, 0) is 25.1 Å². The van der Waals surface area contributed by atoms with Crippen molar-refractivity contribution < 1.29 is 14.3 Å². The van der Waals surface area contributed by atoms with Gasteiger partial charge >= 0.3 is 0 Å². The van der Waals surface area contributed by atoms with Crippen molar-refractivity contribution >= 4 is 5.91 Å². The fourth-order valence-electron chi connectivity index (χ4n) is 1.51. The first kappa shape index (κ1) is 12.1. The lowest BCUT2D eigenvalue weighted by Crippen LogP contribution is -2.23. The highest BCUT2D eigenvalue weighted by Crippen LogP contribution is 2.17. The maximum Gasteiger partial charge on any atom is 0.255 e. The zero-order valence-corrected chi connectivity index (χ0v) is 9.70. The number of hydrogen-bond acceptors (Lipinski definition) is 3. The standard InChI is InChI=1S/C12H12FN3O2/c1-7-8(6-15-16-7)5-14-12(18)10-4-9(13)2-3-11(10)17/h2-4,6,17H,5H2,1H3,(H,14,18)(H,15,16). The molecule has 6 heteroatoms. The summed E-state index contributed by atoms with van der Waals surface area (Å²) < 4.78 is 13.0. The number of hydrogen-bond donors (Lipinski definition) is 3. The fourth-order valence-corrected chi connectivity index (χ4v) is 1.51. The van der Waals surface area contributed by atoms with E-state index < -0.39 is 11.7 Å². The van der Waals surface area contributed by atoms with Gasteiger partial charge in [0, 0.05) is 17.8 Å². The van der Waals surface area contributed by atoms with Crippen LogP contribution in [-0.2, 0) is 6.54 Å². The van der Waals surface area contributed by atoms with Gasteiger partial charge in [0.05, 0.1) is 11.8 Å². The normalized spacial score (nSPS) is 10.3. The number of benzene rings is 1. The second-order valence-corrected chi connectivity index (χ2v) is 3.86. The van der Waals surface area contributed by atoms with Crippen LogP contribution >= 0.6 is 0 Å². The third-order valence-electron chi connectivity index (χ3n) is 2.58. The van der Waals surface area contributed by atoms with Crippen LogP contribution in [0, 0.1) is 12.7 Å². The molecule has 0 aliphatic rings. The lowest BCUT2D eigenvalue weighted by atomic mass is 10.1. The molecular formula is C12H12FN3O2. The van der Waals surface area contributed by atoms with E-state index in [9.17, 15) is 14.3 Å². The molecule has 1 heterocycles. The minimum atomic E-state index is -0.572. The molecule has 0 radical (unpaired) electrons. The van der Waals surface area contributed by atoms with Gasteiger partial charge in [-0.2, -0.15) is 5.10 Å². The third kappa shape index (κ3) is 2.48. The summed E-state index contributed by atoms with van der Waals surface area (Å²) >= 11 is 0. The lowest BCUT2D eigenvalue weighted by Gasteiger charge is -2.06. The summed E-state index contributed by atoms with van der Waals surface area (Å²) in [6, 6.07) is 3.23. The molecule has 5 nitrogen and oxygen atoms in total. The van der Waals surface area contributed by atoms with Gasteiger partial charge in [0.15, 0.2) is 0 Å². The molecule has 2 rings (SSSR count).